The average molecular weight is 334 g/mol. The van der Waals surface area contributed by atoms with Crippen LogP contribution < -0.4 is 5.73 Å². The third kappa shape index (κ3) is 3.23. The fraction of sp³-hybridized carbons (Fsp3) is 0.364. The summed E-state index contributed by atoms with van der Waals surface area (Å²) in [6.07, 6.45) is -0.194. The second kappa shape index (κ2) is 4.89. The van der Waals surface area contributed by atoms with Crippen LogP contribution >= 0.6 is 15.9 Å². The van der Waals surface area contributed by atoms with Gasteiger partial charge in [0, 0.05) is 10.2 Å². The van der Waals surface area contributed by atoms with Gasteiger partial charge in [0.2, 0.25) is 0 Å². The Morgan fingerprint density at radius 3 is 2.67 bits per heavy atom. The van der Waals surface area contributed by atoms with Gasteiger partial charge in [-0.05, 0) is 24.6 Å². The zero-order valence-electron chi connectivity index (χ0n) is 9.43. The molecule has 0 aromatic heterocycles. The first kappa shape index (κ1) is 13.4. The highest BCUT2D eigenvalue weighted by Crippen LogP contribution is 2.20. The maximum absolute atomic E-state index is 11.8. The van der Waals surface area contributed by atoms with E-state index in [2.05, 4.69) is 15.9 Å². The summed E-state index contributed by atoms with van der Waals surface area (Å²) in [7, 11) is -3.05. The number of hydrogen-bond donors (Lipinski definition) is 1. The summed E-state index contributed by atoms with van der Waals surface area (Å²) in [6.45, 7) is 0. The third-order valence-corrected chi connectivity index (χ3v) is 4.82. The Kier molecular flexibility index (Phi) is 3.63. The summed E-state index contributed by atoms with van der Waals surface area (Å²) in [6, 6.07) is 4.75. The van der Waals surface area contributed by atoms with Crippen molar-refractivity contribution in [2.24, 2.45) is 0 Å². The Morgan fingerprint density at radius 2 is 2.11 bits per heavy atom. The first-order chi connectivity index (χ1) is 8.35. The normalized spacial score (nSPS) is 21.7. The lowest BCUT2D eigenvalue weighted by Gasteiger charge is -2.10. The van der Waals surface area contributed by atoms with E-state index in [-0.39, 0.29) is 11.5 Å². The van der Waals surface area contributed by atoms with Crippen LogP contribution in [0, 0.1) is 0 Å². The van der Waals surface area contributed by atoms with Crippen molar-refractivity contribution in [2.45, 2.75) is 12.5 Å². The summed E-state index contributed by atoms with van der Waals surface area (Å²) in [4.78, 5) is 11.8. The van der Waals surface area contributed by atoms with Gasteiger partial charge in [-0.1, -0.05) is 15.9 Å². The zero-order valence-corrected chi connectivity index (χ0v) is 11.8. The highest BCUT2D eigenvalue weighted by Gasteiger charge is 2.31. The molecule has 1 saturated heterocycles. The molecule has 1 aromatic carbocycles. The second-order valence-corrected chi connectivity index (χ2v) is 7.35. The Bertz CT molecular complexity index is 564. The smallest absolute Gasteiger partial charge is 0.338 e. The van der Waals surface area contributed by atoms with Crippen LogP contribution in [0.25, 0.3) is 0 Å². The molecule has 0 aliphatic carbocycles. The van der Waals surface area contributed by atoms with E-state index in [1.807, 2.05) is 0 Å². The molecule has 1 aliphatic heterocycles. The fourth-order valence-electron chi connectivity index (χ4n) is 1.80. The molecule has 1 aliphatic rings. The van der Waals surface area contributed by atoms with Gasteiger partial charge in [0.15, 0.2) is 9.84 Å². The Hall–Kier alpha value is -1.08. The van der Waals surface area contributed by atoms with Crippen LogP contribution in [0.2, 0.25) is 0 Å². The van der Waals surface area contributed by atoms with Gasteiger partial charge in [0.25, 0.3) is 0 Å². The van der Waals surface area contributed by atoms with Gasteiger partial charge in [-0.25, -0.2) is 13.2 Å². The molecule has 1 atom stereocenters. The lowest BCUT2D eigenvalue weighted by Crippen LogP contribution is -2.19. The fourth-order valence-corrected chi connectivity index (χ4v) is 3.90. The zero-order chi connectivity index (χ0) is 13.3. The Morgan fingerprint density at radius 1 is 1.39 bits per heavy atom. The molecule has 1 unspecified atom stereocenters. The lowest BCUT2D eigenvalue weighted by atomic mass is 10.2. The molecule has 7 heteroatoms. The monoisotopic (exact) mass is 333 g/mol. The van der Waals surface area contributed by atoms with Crippen molar-refractivity contribution in [1.29, 1.82) is 0 Å². The summed E-state index contributed by atoms with van der Waals surface area (Å²) in [5, 5.41) is 0. The molecule has 1 fully saturated rings. The molecule has 1 heterocycles. The number of nitrogen functional groups attached to an aromatic ring is 1. The summed E-state index contributed by atoms with van der Waals surface area (Å²) in [5.74, 6) is -0.571. The van der Waals surface area contributed by atoms with Crippen LogP contribution in [0.3, 0.4) is 0 Å². The number of nitrogens with two attached hydrogens (primary N) is 1. The standard InChI is InChI=1S/C11H12BrNO4S/c12-8-3-7(4-9(13)5-8)11(14)17-10-1-2-18(15,16)6-10/h3-5,10H,1-2,6,13H2. The minimum Gasteiger partial charge on any atom is -0.458 e. The number of anilines is 1. The number of carbonyl (C=O) groups excluding carboxylic acids is 1. The number of sulfone groups is 1. The predicted octanol–water partition coefficient (Wildman–Crippen LogP) is 1.38. The number of carbonyl (C=O) groups is 1. The van der Waals surface area contributed by atoms with Crippen molar-refractivity contribution in [3.63, 3.8) is 0 Å². The van der Waals surface area contributed by atoms with E-state index in [1.54, 1.807) is 12.1 Å². The van der Waals surface area contributed by atoms with Crippen LogP contribution in [0.15, 0.2) is 22.7 Å². The van der Waals surface area contributed by atoms with Gasteiger partial charge in [-0.3, -0.25) is 0 Å². The minimum absolute atomic E-state index is 0.0750. The van der Waals surface area contributed by atoms with Crippen molar-refractivity contribution in [3.05, 3.63) is 28.2 Å². The lowest BCUT2D eigenvalue weighted by molar-refractivity contribution is 0.0356. The van der Waals surface area contributed by atoms with E-state index in [4.69, 9.17) is 10.5 Å². The number of benzene rings is 1. The molecule has 2 N–H and O–H groups in total. The van der Waals surface area contributed by atoms with Gasteiger partial charge in [0.05, 0.1) is 17.1 Å². The molecular formula is C11H12BrNO4S. The van der Waals surface area contributed by atoms with E-state index in [0.29, 0.717) is 22.1 Å². The van der Waals surface area contributed by atoms with E-state index in [9.17, 15) is 13.2 Å². The first-order valence-corrected chi connectivity index (χ1v) is 7.95. The van der Waals surface area contributed by atoms with E-state index in [1.165, 1.54) is 6.07 Å². The Labute approximate surface area is 113 Å². The van der Waals surface area contributed by atoms with Crippen molar-refractivity contribution in [3.8, 4) is 0 Å². The molecule has 2 rings (SSSR count). The van der Waals surface area contributed by atoms with E-state index < -0.39 is 21.9 Å². The molecule has 18 heavy (non-hydrogen) atoms. The summed E-state index contributed by atoms with van der Waals surface area (Å²) < 4.78 is 28.3. The number of rotatable bonds is 2. The molecule has 0 spiro atoms. The van der Waals surface area contributed by atoms with Crippen LogP contribution in [0.5, 0.6) is 0 Å². The topological polar surface area (TPSA) is 86.5 Å². The maximum atomic E-state index is 11.8. The molecule has 0 bridgehead atoms. The van der Waals surface area contributed by atoms with Crippen LogP contribution in [-0.4, -0.2) is 32.0 Å². The molecule has 0 radical (unpaired) electrons. The van der Waals surface area contributed by atoms with Crippen molar-refractivity contribution < 1.29 is 17.9 Å². The SMILES string of the molecule is Nc1cc(Br)cc(C(=O)OC2CCS(=O)(=O)C2)c1. The van der Waals surface area contributed by atoms with Gasteiger partial charge in [0.1, 0.15) is 6.10 Å². The van der Waals surface area contributed by atoms with Crippen LogP contribution in [0.4, 0.5) is 5.69 Å². The molecule has 1 aromatic rings. The minimum atomic E-state index is -3.05. The molecule has 5 nitrogen and oxygen atoms in total. The predicted molar refractivity (Wildman–Crippen MR) is 71.0 cm³/mol. The van der Waals surface area contributed by atoms with Gasteiger partial charge < -0.3 is 10.5 Å². The van der Waals surface area contributed by atoms with Crippen LogP contribution in [0.1, 0.15) is 16.8 Å². The van der Waals surface area contributed by atoms with Crippen molar-refractivity contribution in [2.75, 3.05) is 17.2 Å². The van der Waals surface area contributed by atoms with Gasteiger partial charge in [-0.2, -0.15) is 0 Å². The van der Waals surface area contributed by atoms with Crippen molar-refractivity contribution in [1.82, 2.24) is 0 Å². The molecule has 0 saturated carbocycles. The van der Waals surface area contributed by atoms with Crippen LogP contribution in [-0.2, 0) is 14.6 Å². The highest BCUT2D eigenvalue weighted by molar-refractivity contribution is 9.10. The van der Waals surface area contributed by atoms with E-state index in [0.717, 1.165) is 0 Å². The second-order valence-electron chi connectivity index (χ2n) is 4.20. The quantitative estimate of drug-likeness (QED) is 0.652. The summed E-state index contributed by atoms with van der Waals surface area (Å²) >= 11 is 3.23. The van der Waals surface area contributed by atoms with Gasteiger partial charge >= 0.3 is 5.97 Å². The Balaban J connectivity index is 2.08. The molecular weight excluding hydrogens is 322 g/mol. The highest BCUT2D eigenvalue weighted by atomic mass is 79.9. The average Bonchev–Trinajstić information content (AvgIpc) is 2.56. The van der Waals surface area contributed by atoms with Crippen molar-refractivity contribution >= 4 is 37.4 Å². The summed E-state index contributed by atoms with van der Waals surface area (Å²) in [5.41, 5.74) is 6.37. The number of ether oxygens (including phenoxy) is 1. The first-order valence-electron chi connectivity index (χ1n) is 5.33. The van der Waals surface area contributed by atoms with E-state index >= 15 is 0 Å². The largest absolute Gasteiger partial charge is 0.458 e. The number of esters is 1. The number of hydrogen-bond acceptors (Lipinski definition) is 5. The number of halogens is 1. The van der Waals surface area contributed by atoms with Gasteiger partial charge in [-0.15, -0.1) is 0 Å². The molecule has 98 valence electrons. The molecule has 0 amide bonds. The third-order valence-electron chi connectivity index (χ3n) is 2.62. The maximum Gasteiger partial charge on any atom is 0.338 e.